The molecule has 4 rings (SSSR count). The number of nitrogens with two attached hydrogens (primary N) is 1. The Balaban J connectivity index is 1.42. The van der Waals surface area contributed by atoms with Gasteiger partial charge in [-0.2, -0.15) is 0 Å². The Morgan fingerprint density at radius 2 is 2.08 bits per heavy atom. The number of cyclic esters (lactones) is 1. The van der Waals surface area contributed by atoms with Crippen LogP contribution in [0.3, 0.4) is 0 Å². The van der Waals surface area contributed by atoms with Crippen molar-refractivity contribution in [2.45, 2.75) is 29.9 Å². The first-order valence-corrected chi connectivity index (χ1v) is 9.60. The molecule has 1 aromatic rings. The van der Waals surface area contributed by atoms with Crippen LogP contribution in [-0.4, -0.2) is 61.0 Å². The van der Waals surface area contributed by atoms with Crippen molar-refractivity contribution in [1.82, 2.24) is 4.90 Å². The molecule has 134 valence electrons. The molecule has 2 fully saturated rings. The zero-order valence-corrected chi connectivity index (χ0v) is 14.8. The van der Waals surface area contributed by atoms with Gasteiger partial charge in [-0.05, 0) is 44.1 Å². The van der Waals surface area contributed by atoms with Crippen LogP contribution in [0.15, 0.2) is 23.1 Å². The molecule has 3 aliphatic heterocycles. The van der Waals surface area contributed by atoms with E-state index in [0.29, 0.717) is 18.3 Å². The Morgan fingerprint density at radius 1 is 1.28 bits per heavy atom. The van der Waals surface area contributed by atoms with Crippen LogP contribution < -0.4 is 16.0 Å². The number of benzene rings is 1. The molecule has 0 aliphatic carbocycles. The Morgan fingerprint density at radius 3 is 2.88 bits per heavy atom. The van der Waals surface area contributed by atoms with E-state index in [-0.39, 0.29) is 18.1 Å². The molecule has 2 amide bonds. The van der Waals surface area contributed by atoms with E-state index in [9.17, 15) is 9.59 Å². The molecule has 1 aromatic carbocycles. The number of piperidine rings is 1. The maximum atomic E-state index is 12.3. The number of anilines is 2. The number of nitrogens with one attached hydrogen (secondary N) is 1. The number of nitrogens with zero attached hydrogens (tertiary/aromatic N) is 2. The van der Waals surface area contributed by atoms with E-state index >= 15 is 0 Å². The van der Waals surface area contributed by atoms with Gasteiger partial charge in [0.15, 0.2) is 0 Å². The molecule has 0 bridgehead atoms. The summed E-state index contributed by atoms with van der Waals surface area (Å²) in [7, 11) is 0. The predicted molar refractivity (Wildman–Crippen MR) is 97.1 cm³/mol. The summed E-state index contributed by atoms with van der Waals surface area (Å²) in [6.07, 6.45) is 1.52. The average Bonchev–Trinajstić information content (AvgIpc) is 2.96. The van der Waals surface area contributed by atoms with Crippen LogP contribution in [0, 0.1) is 0 Å². The smallest absolute Gasteiger partial charge is 0.414 e. The van der Waals surface area contributed by atoms with E-state index in [4.69, 9.17) is 10.5 Å². The highest BCUT2D eigenvalue weighted by Gasteiger charge is 2.34. The third-order valence-electron chi connectivity index (χ3n) is 4.88. The monoisotopic (exact) mass is 362 g/mol. The van der Waals surface area contributed by atoms with Crippen LogP contribution in [0.4, 0.5) is 16.2 Å². The molecular formula is C17H22N4O3S. The summed E-state index contributed by atoms with van der Waals surface area (Å²) in [4.78, 5) is 28.8. The highest BCUT2D eigenvalue weighted by atomic mass is 32.2. The summed E-state index contributed by atoms with van der Waals surface area (Å²) >= 11 is 1.51. The number of carbonyl (C=O) groups excluding carboxylic acids is 2. The van der Waals surface area contributed by atoms with Gasteiger partial charge in [-0.15, -0.1) is 11.8 Å². The zero-order valence-electron chi connectivity index (χ0n) is 13.9. The van der Waals surface area contributed by atoms with Gasteiger partial charge in [-0.3, -0.25) is 14.6 Å². The van der Waals surface area contributed by atoms with Gasteiger partial charge in [0.1, 0.15) is 6.10 Å². The van der Waals surface area contributed by atoms with Gasteiger partial charge >= 0.3 is 6.09 Å². The molecule has 0 saturated carbocycles. The molecule has 0 aromatic heterocycles. The van der Waals surface area contributed by atoms with Crippen molar-refractivity contribution in [2.75, 3.05) is 42.1 Å². The third-order valence-corrected chi connectivity index (χ3v) is 5.95. The molecule has 25 heavy (non-hydrogen) atoms. The fraction of sp³-hybridized carbons (Fsp3) is 0.529. The summed E-state index contributed by atoms with van der Waals surface area (Å²) in [5.41, 5.74) is 7.46. The minimum atomic E-state index is -0.326. The topological polar surface area (TPSA) is 87.9 Å². The molecule has 3 heterocycles. The Kier molecular flexibility index (Phi) is 4.58. The Hall–Kier alpha value is -1.77. The first-order valence-electron chi connectivity index (χ1n) is 8.61. The van der Waals surface area contributed by atoms with E-state index in [1.54, 1.807) is 4.90 Å². The second-order valence-electron chi connectivity index (χ2n) is 6.77. The van der Waals surface area contributed by atoms with E-state index in [2.05, 4.69) is 10.2 Å². The summed E-state index contributed by atoms with van der Waals surface area (Å²) in [5, 5.41) is 2.86. The van der Waals surface area contributed by atoms with Crippen LogP contribution in [0.25, 0.3) is 0 Å². The van der Waals surface area contributed by atoms with Crippen LogP contribution in [0.5, 0.6) is 0 Å². The van der Waals surface area contributed by atoms with Crippen LogP contribution in [0.2, 0.25) is 0 Å². The number of amides is 2. The number of carbonyl (C=O) groups is 2. The largest absolute Gasteiger partial charge is 0.443 e. The summed E-state index contributed by atoms with van der Waals surface area (Å²) in [6.45, 7) is 3.18. The lowest BCUT2D eigenvalue weighted by atomic mass is 10.1. The molecule has 1 atom stereocenters. The number of fused-ring (bicyclic) bond motifs is 1. The standard InChI is InChI=1S/C17H22N4O3S/c18-11-3-5-20(6-4-11)8-13-9-21(17(23)24-13)12-1-2-15-14(7-12)19-16(22)10-25-15/h1-2,7,11,13H,3-6,8-10,18H2,(H,19,22). The first-order chi connectivity index (χ1) is 12.1. The van der Waals surface area contributed by atoms with E-state index in [0.717, 1.165) is 48.7 Å². The molecule has 3 aliphatic rings. The average molecular weight is 362 g/mol. The van der Waals surface area contributed by atoms with Crippen LogP contribution >= 0.6 is 11.8 Å². The van der Waals surface area contributed by atoms with E-state index in [1.165, 1.54) is 11.8 Å². The summed E-state index contributed by atoms with van der Waals surface area (Å²) < 4.78 is 5.54. The quantitative estimate of drug-likeness (QED) is 0.847. The van der Waals surface area contributed by atoms with E-state index < -0.39 is 0 Å². The van der Waals surface area contributed by atoms with Gasteiger partial charge in [0.25, 0.3) is 0 Å². The molecule has 3 N–H and O–H groups in total. The van der Waals surface area contributed by atoms with Gasteiger partial charge in [-0.1, -0.05) is 0 Å². The van der Waals surface area contributed by atoms with Crippen molar-refractivity contribution in [2.24, 2.45) is 5.73 Å². The van der Waals surface area contributed by atoms with Crippen molar-refractivity contribution >= 4 is 35.1 Å². The fourth-order valence-electron chi connectivity index (χ4n) is 3.49. The molecule has 0 spiro atoms. The fourth-order valence-corrected chi connectivity index (χ4v) is 4.28. The van der Waals surface area contributed by atoms with Gasteiger partial charge < -0.3 is 15.8 Å². The minimum Gasteiger partial charge on any atom is -0.443 e. The number of hydrogen-bond donors (Lipinski definition) is 2. The maximum absolute atomic E-state index is 12.3. The Bertz CT molecular complexity index is 690. The summed E-state index contributed by atoms with van der Waals surface area (Å²) in [5.74, 6) is 0.416. The molecule has 0 radical (unpaired) electrons. The number of rotatable bonds is 3. The lowest BCUT2D eigenvalue weighted by Gasteiger charge is -2.31. The van der Waals surface area contributed by atoms with Crippen molar-refractivity contribution in [3.05, 3.63) is 18.2 Å². The number of ether oxygens (including phenoxy) is 1. The second kappa shape index (κ2) is 6.86. The van der Waals surface area contributed by atoms with E-state index in [1.807, 2.05) is 18.2 Å². The molecule has 8 heteroatoms. The Labute approximate surface area is 150 Å². The highest BCUT2D eigenvalue weighted by molar-refractivity contribution is 8.00. The van der Waals surface area contributed by atoms with Crippen molar-refractivity contribution in [1.29, 1.82) is 0 Å². The van der Waals surface area contributed by atoms with Crippen molar-refractivity contribution in [3.63, 3.8) is 0 Å². The first kappa shape index (κ1) is 16.7. The van der Waals surface area contributed by atoms with Gasteiger partial charge in [0, 0.05) is 23.2 Å². The second-order valence-corrected chi connectivity index (χ2v) is 7.79. The third kappa shape index (κ3) is 3.61. The summed E-state index contributed by atoms with van der Waals surface area (Å²) in [6, 6.07) is 6.00. The predicted octanol–water partition coefficient (Wildman–Crippen LogP) is 1.48. The number of hydrogen-bond acceptors (Lipinski definition) is 6. The molecule has 7 nitrogen and oxygen atoms in total. The van der Waals surface area contributed by atoms with Crippen molar-refractivity contribution in [3.8, 4) is 0 Å². The minimum absolute atomic E-state index is 0.0140. The number of thioether (sulfide) groups is 1. The maximum Gasteiger partial charge on any atom is 0.414 e. The van der Waals surface area contributed by atoms with Gasteiger partial charge in [-0.25, -0.2) is 4.79 Å². The molecule has 1 unspecified atom stereocenters. The number of likely N-dealkylation sites (tertiary alicyclic amines) is 1. The van der Waals surface area contributed by atoms with Crippen molar-refractivity contribution < 1.29 is 14.3 Å². The van der Waals surface area contributed by atoms with Gasteiger partial charge in [0.2, 0.25) is 5.91 Å². The highest BCUT2D eigenvalue weighted by Crippen LogP contribution is 2.35. The zero-order chi connectivity index (χ0) is 17.4. The SMILES string of the molecule is NC1CCN(CC2CN(c3ccc4c(c3)NC(=O)CS4)C(=O)O2)CC1. The lowest BCUT2D eigenvalue weighted by molar-refractivity contribution is -0.113. The van der Waals surface area contributed by atoms with Crippen LogP contribution in [0.1, 0.15) is 12.8 Å². The van der Waals surface area contributed by atoms with Crippen LogP contribution in [-0.2, 0) is 9.53 Å². The molecular weight excluding hydrogens is 340 g/mol. The molecule has 2 saturated heterocycles. The lowest BCUT2D eigenvalue weighted by Crippen LogP contribution is -2.43. The van der Waals surface area contributed by atoms with Gasteiger partial charge in [0.05, 0.1) is 18.0 Å². The normalized spacial score (nSPS) is 24.8.